The van der Waals surface area contributed by atoms with Crippen LogP contribution in [0.25, 0.3) is 0 Å². The van der Waals surface area contributed by atoms with Crippen LogP contribution in [0, 0.1) is 0 Å². The highest BCUT2D eigenvalue weighted by atomic mass is 35.5. The first-order valence-electron chi connectivity index (χ1n) is 9.47. The van der Waals surface area contributed by atoms with E-state index in [4.69, 9.17) is 21.3 Å². The van der Waals surface area contributed by atoms with Gasteiger partial charge in [-0.25, -0.2) is 4.98 Å². The number of H-pyrrole nitrogens is 1. The van der Waals surface area contributed by atoms with Crippen molar-refractivity contribution in [3.8, 4) is 0 Å². The zero-order valence-electron chi connectivity index (χ0n) is 15.7. The van der Waals surface area contributed by atoms with Crippen molar-refractivity contribution in [2.75, 3.05) is 24.5 Å². The number of aromatic nitrogens is 2. The second kappa shape index (κ2) is 7.62. The van der Waals surface area contributed by atoms with E-state index >= 15 is 0 Å². The lowest BCUT2D eigenvalue weighted by Crippen LogP contribution is -2.47. The third-order valence-electron chi connectivity index (χ3n) is 5.15. The van der Waals surface area contributed by atoms with E-state index in [2.05, 4.69) is 20.9 Å². The molecule has 0 saturated carbocycles. The van der Waals surface area contributed by atoms with Gasteiger partial charge in [0.25, 0.3) is 5.56 Å². The second-order valence-corrected chi connectivity index (χ2v) is 8.00. The number of aromatic amines is 1. The Morgan fingerprint density at radius 1 is 1.30 bits per heavy atom. The van der Waals surface area contributed by atoms with Gasteiger partial charge in [0.2, 0.25) is 5.95 Å². The van der Waals surface area contributed by atoms with Crippen LogP contribution in [0.4, 0.5) is 5.95 Å². The number of halogens is 1. The molecule has 1 aromatic heterocycles. The van der Waals surface area contributed by atoms with Crippen molar-refractivity contribution in [3.05, 3.63) is 56.5 Å². The number of ether oxygens (including phenoxy) is 1. The van der Waals surface area contributed by atoms with E-state index in [-0.39, 0.29) is 17.8 Å². The fraction of sp³-hybridized carbons (Fsp3) is 0.500. The molecule has 0 bridgehead atoms. The van der Waals surface area contributed by atoms with Crippen molar-refractivity contribution in [2.24, 2.45) is 0 Å². The summed E-state index contributed by atoms with van der Waals surface area (Å²) in [6, 6.07) is 7.92. The molecule has 27 heavy (non-hydrogen) atoms. The Bertz CT molecular complexity index is 875. The molecule has 0 spiro atoms. The maximum absolute atomic E-state index is 12.6. The highest BCUT2D eigenvalue weighted by Gasteiger charge is 2.27. The van der Waals surface area contributed by atoms with Gasteiger partial charge in [-0.1, -0.05) is 23.7 Å². The predicted molar refractivity (Wildman–Crippen MR) is 106 cm³/mol. The summed E-state index contributed by atoms with van der Waals surface area (Å²) < 4.78 is 5.79. The van der Waals surface area contributed by atoms with Crippen LogP contribution < -0.4 is 10.5 Å². The van der Waals surface area contributed by atoms with Crippen molar-refractivity contribution in [1.29, 1.82) is 0 Å². The molecular weight excluding hydrogens is 364 g/mol. The fourth-order valence-corrected chi connectivity index (χ4v) is 4.22. The lowest BCUT2D eigenvalue weighted by atomic mass is 10.1. The summed E-state index contributed by atoms with van der Waals surface area (Å²) in [5, 5.41) is 0.748. The van der Waals surface area contributed by atoms with Crippen molar-refractivity contribution in [3.63, 3.8) is 0 Å². The van der Waals surface area contributed by atoms with Crippen LogP contribution in [0.3, 0.4) is 0 Å². The number of fused-ring (bicyclic) bond motifs is 1. The van der Waals surface area contributed by atoms with Gasteiger partial charge in [-0.2, -0.15) is 0 Å². The molecule has 1 fully saturated rings. The first kappa shape index (κ1) is 18.5. The molecule has 0 radical (unpaired) electrons. The molecule has 2 aliphatic heterocycles. The maximum Gasteiger partial charge on any atom is 0.255 e. The molecule has 0 amide bonds. The summed E-state index contributed by atoms with van der Waals surface area (Å²) in [6.07, 6.45) is 0.956. The van der Waals surface area contributed by atoms with Crippen molar-refractivity contribution < 1.29 is 4.74 Å². The number of benzene rings is 1. The molecule has 0 unspecified atom stereocenters. The zero-order chi connectivity index (χ0) is 19.0. The molecule has 7 heteroatoms. The normalized spacial score (nSPS) is 23.3. The van der Waals surface area contributed by atoms with Gasteiger partial charge < -0.3 is 9.64 Å². The van der Waals surface area contributed by atoms with Gasteiger partial charge in [0.05, 0.1) is 17.9 Å². The average Bonchev–Trinajstić information content (AvgIpc) is 2.60. The van der Waals surface area contributed by atoms with Gasteiger partial charge in [0.1, 0.15) is 0 Å². The van der Waals surface area contributed by atoms with Crippen LogP contribution in [0.5, 0.6) is 0 Å². The van der Waals surface area contributed by atoms with E-state index in [1.807, 2.05) is 32.0 Å². The molecule has 3 heterocycles. The number of nitrogens with one attached hydrogen (secondary N) is 1. The third kappa shape index (κ3) is 4.18. The van der Waals surface area contributed by atoms with E-state index in [0.29, 0.717) is 18.9 Å². The highest BCUT2D eigenvalue weighted by Crippen LogP contribution is 2.21. The SMILES string of the molecule is C[C@H]1CN(c2nc3c(c(=O)[nH]2)CCN(Cc2cccc(Cl)c2)C3)C[C@H](C)O1. The fourth-order valence-electron chi connectivity index (χ4n) is 4.01. The van der Waals surface area contributed by atoms with Crippen molar-refractivity contribution >= 4 is 17.5 Å². The number of hydrogen-bond acceptors (Lipinski definition) is 5. The number of anilines is 1. The Kier molecular flexibility index (Phi) is 5.21. The smallest absolute Gasteiger partial charge is 0.255 e. The topological polar surface area (TPSA) is 61.5 Å². The lowest BCUT2D eigenvalue weighted by Gasteiger charge is -2.36. The first-order chi connectivity index (χ1) is 13.0. The van der Waals surface area contributed by atoms with E-state index < -0.39 is 0 Å². The molecule has 144 valence electrons. The van der Waals surface area contributed by atoms with Crippen LogP contribution >= 0.6 is 11.6 Å². The molecule has 0 aliphatic carbocycles. The van der Waals surface area contributed by atoms with Crippen LogP contribution in [-0.2, 0) is 24.2 Å². The van der Waals surface area contributed by atoms with Crippen molar-refractivity contribution in [1.82, 2.24) is 14.9 Å². The summed E-state index contributed by atoms with van der Waals surface area (Å²) in [4.78, 5) is 24.9. The summed E-state index contributed by atoms with van der Waals surface area (Å²) >= 11 is 6.10. The van der Waals surface area contributed by atoms with Crippen LogP contribution in [-0.4, -0.2) is 46.7 Å². The Hall–Kier alpha value is -1.89. The minimum absolute atomic E-state index is 0.01000. The van der Waals surface area contributed by atoms with Crippen LogP contribution in [0.2, 0.25) is 5.02 Å². The number of nitrogens with zero attached hydrogens (tertiary/aromatic N) is 3. The number of morpholine rings is 1. The largest absolute Gasteiger partial charge is 0.372 e. The highest BCUT2D eigenvalue weighted by molar-refractivity contribution is 6.30. The van der Waals surface area contributed by atoms with Crippen LogP contribution in [0.15, 0.2) is 29.1 Å². The monoisotopic (exact) mass is 388 g/mol. The number of rotatable bonds is 3. The Morgan fingerprint density at radius 3 is 2.81 bits per heavy atom. The molecule has 1 N–H and O–H groups in total. The molecule has 4 rings (SSSR count). The second-order valence-electron chi connectivity index (χ2n) is 7.57. The number of hydrogen-bond donors (Lipinski definition) is 1. The quantitative estimate of drug-likeness (QED) is 0.875. The standard InChI is InChI=1S/C20H25ClN4O2/c1-13-9-25(10-14(2)27-13)20-22-18-12-24(7-6-17(18)19(26)23-20)11-15-4-3-5-16(21)8-15/h3-5,8,13-14H,6-7,9-12H2,1-2H3,(H,22,23,26)/t13-,14-/m0/s1. The van der Waals surface area contributed by atoms with E-state index in [9.17, 15) is 4.79 Å². The Labute approximate surface area is 164 Å². The van der Waals surface area contributed by atoms with Gasteiger partial charge in [-0.15, -0.1) is 0 Å². The van der Waals surface area contributed by atoms with Gasteiger partial charge in [0.15, 0.2) is 0 Å². The van der Waals surface area contributed by atoms with Crippen molar-refractivity contribution in [2.45, 2.75) is 45.6 Å². The lowest BCUT2D eigenvalue weighted by molar-refractivity contribution is -0.00576. The maximum atomic E-state index is 12.6. The molecule has 6 nitrogen and oxygen atoms in total. The molecule has 2 aliphatic rings. The van der Waals surface area contributed by atoms with Gasteiger partial charge in [-0.05, 0) is 38.0 Å². The Morgan fingerprint density at radius 2 is 2.07 bits per heavy atom. The summed E-state index contributed by atoms with van der Waals surface area (Å²) in [5.74, 6) is 0.658. The van der Waals surface area contributed by atoms with E-state index in [0.717, 1.165) is 42.5 Å². The van der Waals surface area contributed by atoms with Gasteiger partial charge in [0, 0.05) is 43.3 Å². The summed E-state index contributed by atoms with van der Waals surface area (Å²) in [5.41, 5.74) is 2.86. The Balaban J connectivity index is 1.55. The third-order valence-corrected chi connectivity index (χ3v) is 5.39. The zero-order valence-corrected chi connectivity index (χ0v) is 16.5. The summed E-state index contributed by atoms with van der Waals surface area (Å²) in [6.45, 7) is 7.88. The van der Waals surface area contributed by atoms with E-state index in [1.54, 1.807) is 0 Å². The van der Waals surface area contributed by atoms with Crippen LogP contribution in [0.1, 0.15) is 30.7 Å². The molecular formula is C20H25ClN4O2. The molecule has 2 aromatic rings. The molecule has 1 saturated heterocycles. The predicted octanol–water partition coefficient (Wildman–Crippen LogP) is 2.60. The summed E-state index contributed by atoms with van der Waals surface area (Å²) in [7, 11) is 0. The van der Waals surface area contributed by atoms with E-state index in [1.165, 1.54) is 5.56 Å². The minimum atomic E-state index is -0.01000. The minimum Gasteiger partial charge on any atom is -0.372 e. The van der Waals surface area contributed by atoms with Gasteiger partial charge in [-0.3, -0.25) is 14.7 Å². The first-order valence-corrected chi connectivity index (χ1v) is 9.85. The molecule has 1 aromatic carbocycles. The van der Waals surface area contributed by atoms with Gasteiger partial charge >= 0.3 is 0 Å². The average molecular weight is 389 g/mol. The molecule has 2 atom stereocenters.